The van der Waals surface area contributed by atoms with Gasteiger partial charge < -0.3 is 14.3 Å². The molecule has 0 aliphatic carbocycles. The van der Waals surface area contributed by atoms with Gasteiger partial charge in [0.05, 0.1) is 19.3 Å². The minimum Gasteiger partial charge on any atom is -0.494 e. The Kier molecular flexibility index (Phi) is 8.81. The molecule has 0 N–H and O–H groups in total. The second kappa shape index (κ2) is 10.1. The van der Waals surface area contributed by atoms with Crippen LogP contribution in [0.15, 0.2) is 24.3 Å². The first kappa shape index (κ1) is 27.1. The van der Waals surface area contributed by atoms with Gasteiger partial charge in [0.2, 0.25) is 0 Å². The van der Waals surface area contributed by atoms with Crippen molar-refractivity contribution >= 4 is 6.29 Å². The highest BCUT2D eigenvalue weighted by atomic mass is 19.4. The third kappa shape index (κ3) is 6.50. The maximum Gasteiger partial charge on any atom is 0.460 e. The second-order valence-corrected chi connectivity index (χ2v) is 6.96. The van der Waals surface area contributed by atoms with Crippen molar-refractivity contribution in [2.75, 3.05) is 6.61 Å². The lowest BCUT2D eigenvalue weighted by Gasteiger charge is -2.33. The van der Waals surface area contributed by atoms with E-state index in [1.807, 2.05) is 0 Å². The zero-order chi connectivity index (χ0) is 24.1. The number of rotatable bonds is 12. The van der Waals surface area contributed by atoms with Crippen LogP contribution >= 0.6 is 0 Å². The molecular formula is C19H21F9O3. The summed E-state index contributed by atoms with van der Waals surface area (Å²) in [5, 5.41) is 0. The van der Waals surface area contributed by atoms with E-state index in [1.165, 1.54) is 12.1 Å². The Morgan fingerprint density at radius 1 is 0.903 bits per heavy atom. The first-order valence-electron chi connectivity index (χ1n) is 9.05. The number of aldehydes is 1. The van der Waals surface area contributed by atoms with Crippen LogP contribution in [0.5, 0.6) is 5.75 Å². The topological polar surface area (TPSA) is 35.5 Å². The Labute approximate surface area is 172 Å². The second-order valence-electron chi connectivity index (χ2n) is 6.96. The van der Waals surface area contributed by atoms with Gasteiger partial charge in [-0.15, -0.1) is 0 Å². The molecule has 0 fully saturated rings. The summed E-state index contributed by atoms with van der Waals surface area (Å²) in [5.41, 5.74) is 0.679. The van der Waals surface area contributed by atoms with E-state index < -0.39 is 43.4 Å². The Balaban J connectivity index is 2.56. The summed E-state index contributed by atoms with van der Waals surface area (Å²) < 4.78 is 125. The molecule has 0 aliphatic heterocycles. The van der Waals surface area contributed by atoms with Crippen LogP contribution in [-0.4, -0.2) is 42.9 Å². The molecule has 0 aromatic heterocycles. The minimum atomic E-state index is -6.89. The lowest BCUT2D eigenvalue weighted by molar-refractivity contribution is -0.396. The van der Waals surface area contributed by atoms with E-state index in [0.29, 0.717) is 5.56 Å². The van der Waals surface area contributed by atoms with Crippen molar-refractivity contribution in [1.29, 1.82) is 0 Å². The van der Waals surface area contributed by atoms with Crippen LogP contribution in [0, 0.1) is 5.92 Å². The normalized spacial score (nSPS) is 15.5. The fraction of sp³-hybridized carbons (Fsp3) is 0.632. The highest BCUT2D eigenvalue weighted by molar-refractivity contribution is 5.53. The zero-order valence-corrected chi connectivity index (χ0v) is 16.5. The molecule has 3 nitrogen and oxygen atoms in total. The quantitative estimate of drug-likeness (QED) is 0.213. The van der Waals surface area contributed by atoms with Crippen LogP contribution < -0.4 is 4.74 Å². The molecule has 1 aromatic rings. The number of carbonyl (C=O) groups is 1. The van der Waals surface area contributed by atoms with Gasteiger partial charge in [-0.2, -0.15) is 39.5 Å². The predicted octanol–water partition coefficient (Wildman–Crippen LogP) is 6.05. The molecule has 1 rings (SSSR count). The average Bonchev–Trinajstić information content (AvgIpc) is 2.68. The first-order chi connectivity index (χ1) is 14.1. The third-order valence-electron chi connectivity index (χ3n) is 4.50. The van der Waals surface area contributed by atoms with Gasteiger partial charge in [0, 0.05) is 12.3 Å². The van der Waals surface area contributed by atoms with Gasteiger partial charge in [-0.25, -0.2) is 0 Å². The monoisotopic (exact) mass is 468 g/mol. The summed E-state index contributed by atoms with van der Waals surface area (Å²) in [6.45, 7) is 2.93. The van der Waals surface area contributed by atoms with E-state index in [2.05, 4.69) is 0 Å². The van der Waals surface area contributed by atoms with Crippen LogP contribution in [0.25, 0.3) is 0 Å². The SMILES string of the molecule is C[C@H](C=O)[C@H](C)OCc1ccc(OCCCC(F)(F)C(F)(F)C(F)(F)C(F)(F)F)cc1. The number of hydrogen-bond acceptors (Lipinski definition) is 3. The van der Waals surface area contributed by atoms with Gasteiger partial charge in [-0.1, -0.05) is 19.1 Å². The lowest BCUT2D eigenvalue weighted by atomic mass is 10.00. The number of benzene rings is 1. The molecule has 0 radical (unpaired) electrons. The van der Waals surface area contributed by atoms with Gasteiger partial charge in [-0.3, -0.25) is 0 Å². The Bertz CT molecular complexity index is 703. The number of hydrogen-bond donors (Lipinski definition) is 0. The smallest absolute Gasteiger partial charge is 0.460 e. The lowest BCUT2D eigenvalue weighted by Crippen LogP contribution is -2.60. The van der Waals surface area contributed by atoms with Gasteiger partial charge >= 0.3 is 23.9 Å². The standard InChI is InChI=1S/C19H21F9O3/c1-12(10-29)13(2)31-11-14-4-6-15(7-5-14)30-9-3-8-16(20,21)17(22,23)18(24,25)19(26,27)28/h4-7,10,12-13H,3,8-9,11H2,1-2H3/t12-,13+/m1/s1. The molecule has 0 bridgehead atoms. The number of carbonyl (C=O) groups excluding carboxylic acids is 1. The van der Waals surface area contributed by atoms with Crippen molar-refractivity contribution in [3.05, 3.63) is 29.8 Å². The molecule has 2 atom stereocenters. The molecule has 1 aromatic carbocycles. The molecule has 31 heavy (non-hydrogen) atoms. The highest BCUT2D eigenvalue weighted by Gasteiger charge is 2.81. The maximum atomic E-state index is 13.4. The van der Waals surface area contributed by atoms with Crippen molar-refractivity contribution in [2.45, 2.75) is 63.3 Å². The number of alkyl halides is 9. The Morgan fingerprint density at radius 2 is 1.45 bits per heavy atom. The van der Waals surface area contributed by atoms with Gasteiger partial charge in [0.15, 0.2) is 0 Å². The molecule has 0 aliphatic rings. The van der Waals surface area contributed by atoms with Gasteiger partial charge in [-0.05, 0) is 31.0 Å². The summed E-state index contributed by atoms with van der Waals surface area (Å²) in [5.74, 6) is -19.3. The fourth-order valence-corrected chi connectivity index (χ4v) is 2.22. The average molecular weight is 468 g/mol. The Morgan fingerprint density at radius 3 is 1.94 bits per heavy atom. The van der Waals surface area contributed by atoms with Crippen LogP contribution in [-0.2, 0) is 16.1 Å². The zero-order valence-electron chi connectivity index (χ0n) is 16.5. The first-order valence-corrected chi connectivity index (χ1v) is 9.05. The minimum absolute atomic E-state index is 0.133. The molecule has 0 saturated heterocycles. The largest absolute Gasteiger partial charge is 0.494 e. The number of ether oxygens (including phenoxy) is 2. The van der Waals surface area contributed by atoms with Crippen LogP contribution in [0.3, 0.4) is 0 Å². The molecule has 0 amide bonds. The van der Waals surface area contributed by atoms with Crippen molar-refractivity contribution in [1.82, 2.24) is 0 Å². The summed E-state index contributed by atoms with van der Waals surface area (Å²) in [6, 6.07) is 5.88. The van der Waals surface area contributed by atoms with Gasteiger partial charge in [0.1, 0.15) is 12.0 Å². The van der Waals surface area contributed by atoms with Crippen LogP contribution in [0.1, 0.15) is 32.3 Å². The van der Waals surface area contributed by atoms with Crippen molar-refractivity contribution in [3.63, 3.8) is 0 Å². The summed E-state index contributed by atoms with van der Waals surface area (Å²) in [4.78, 5) is 10.7. The van der Waals surface area contributed by atoms with Crippen molar-refractivity contribution < 1.29 is 53.8 Å². The Hall–Kier alpha value is -1.98. The highest BCUT2D eigenvalue weighted by Crippen LogP contribution is 2.54. The third-order valence-corrected chi connectivity index (χ3v) is 4.50. The molecule has 0 saturated carbocycles. The molecule has 12 heteroatoms. The maximum absolute atomic E-state index is 13.4. The van der Waals surface area contributed by atoms with Crippen LogP contribution in [0.4, 0.5) is 39.5 Å². The van der Waals surface area contributed by atoms with E-state index in [4.69, 9.17) is 9.47 Å². The molecule has 0 unspecified atom stereocenters. The fourth-order valence-electron chi connectivity index (χ4n) is 2.22. The number of halogens is 9. The van der Waals surface area contributed by atoms with Gasteiger partial charge in [0.25, 0.3) is 0 Å². The summed E-state index contributed by atoms with van der Waals surface area (Å²) in [6.07, 6.45) is -9.26. The van der Waals surface area contributed by atoms with E-state index in [-0.39, 0.29) is 24.4 Å². The van der Waals surface area contributed by atoms with Crippen molar-refractivity contribution in [3.8, 4) is 5.75 Å². The van der Waals surface area contributed by atoms with E-state index in [0.717, 1.165) is 6.29 Å². The summed E-state index contributed by atoms with van der Waals surface area (Å²) >= 11 is 0. The van der Waals surface area contributed by atoms with E-state index >= 15 is 0 Å². The van der Waals surface area contributed by atoms with E-state index in [1.54, 1.807) is 26.0 Å². The molecule has 0 spiro atoms. The summed E-state index contributed by atoms with van der Waals surface area (Å²) in [7, 11) is 0. The van der Waals surface area contributed by atoms with Crippen LogP contribution in [0.2, 0.25) is 0 Å². The molecule has 0 heterocycles. The molecular weight excluding hydrogens is 447 g/mol. The molecule has 178 valence electrons. The van der Waals surface area contributed by atoms with Crippen molar-refractivity contribution in [2.24, 2.45) is 5.92 Å². The van der Waals surface area contributed by atoms with E-state index in [9.17, 15) is 44.3 Å². The predicted molar refractivity (Wildman–Crippen MR) is 91.5 cm³/mol.